The van der Waals surface area contributed by atoms with E-state index in [0.717, 1.165) is 0 Å². The zero-order chi connectivity index (χ0) is 12.3. The first-order valence-corrected chi connectivity index (χ1v) is 4.63. The van der Waals surface area contributed by atoms with Gasteiger partial charge < -0.3 is 16.2 Å². The van der Waals surface area contributed by atoms with Crippen LogP contribution in [0.3, 0.4) is 0 Å². The van der Waals surface area contributed by atoms with Gasteiger partial charge in [-0.25, -0.2) is 4.98 Å². The molecule has 0 spiro atoms. The summed E-state index contributed by atoms with van der Waals surface area (Å²) < 4.78 is 6.10. The highest BCUT2D eigenvalue weighted by molar-refractivity contribution is 5.79. The molecule has 0 radical (unpaired) electrons. The number of rotatable bonds is 4. The van der Waals surface area contributed by atoms with Crippen LogP contribution in [-0.4, -0.2) is 28.6 Å². The second-order valence-electron chi connectivity index (χ2n) is 3.34. The Labute approximate surface area is 92.0 Å². The summed E-state index contributed by atoms with van der Waals surface area (Å²) in [4.78, 5) is 26.4. The third-order valence-corrected chi connectivity index (χ3v) is 2.03. The van der Waals surface area contributed by atoms with E-state index in [-0.39, 0.29) is 18.1 Å². The lowest BCUT2D eigenvalue weighted by atomic mass is 10.3. The Balaban J connectivity index is 3.12. The monoisotopic (exact) mass is 226 g/mol. The number of aryl methyl sites for hydroxylation is 1. The van der Waals surface area contributed by atoms with Crippen LogP contribution < -0.4 is 21.8 Å². The van der Waals surface area contributed by atoms with Crippen molar-refractivity contribution in [1.82, 2.24) is 9.55 Å². The molecule has 0 saturated heterocycles. The topological polar surface area (TPSA) is 113 Å². The van der Waals surface area contributed by atoms with Crippen molar-refractivity contribution in [3.05, 3.63) is 22.1 Å². The van der Waals surface area contributed by atoms with Crippen LogP contribution in [0.4, 0.5) is 0 Å². The van der Waals surface area contributed by atoms with Crippen molar-refractivity contribution in [2.45, 2.75) is 19.5 Å². The van der Waals surface area contributed by atoms with E-state index in [1.807, 2.05) is 0 Å². The minimum absolute atomic E-state index is 0.0510. The fourth-order valence-electron chi connectivity index (χ4n) is 1.20. The van der Waals surface area contributed by atoms with Crippen molar-refractivity contribution in [2.24, 2.45) is 11.5 Å². The largest absolute Gasteiger partial charge is 0.468 e. The second kappa shape index (κ2) is 4.75. The van der Waals surface area contributed by atoms with Crippen molar-refractivity contribution in [3.8, 4) is 6.01 Å². The van der Waals surface area contributed by atoms with Crippen molar-refractivity contribution >= 4 is 5.91 Å². The van der Waals surface area contributed by atoms with E-state index < -0.39 is 11.9 Å². The lowest BCUT2D eigenvalue weighted by Gasteiger charge is -2.13. The molecule has 1 amide bonds. The quantitative estimate of drug-likeness (QED) is 0.640. The smallest absolute Gasteiger partial charge is 0.299 e. The summed E-state index contributed by atoms with van der Waals surface area (Å²) in [6.07, 6.45) is 0. The maximum atomic E-state index is 11.6. The van der Waals surface area contributed by atoms with Crippen LogP contribution in [0.2, 0.25) is 0 Å². The van der Waals surface area contributed by atoms with Crippen molar-refractivity contribution < 1.29 is 9.53 Å². The fraction of sp³-hybridized carbons (Fsp3) is 0.444. The summed E-state index contributed by atoms with van der Waals surface area (Å²) in [6, 6.07) is 0.494. The van der Waals surface area contributed by atoms with Gasteiger partial charge in [0.2, 0.25) is 5.91 Å². The first-order valence-electron chi connectivity index (χ1n) is 4.63. The molecule has 1 rings (SSSR count). The molecule has 88 valence electrons. The van der Waals surface area contributed by atoms with Gasteiger partial charge in [-0.05, 0) is 6.92 Å². The molecule has 0 bridgehead atoms. The number of ether oxygens (including phenoxy) is 1. The molecule has 0 fully saturated rings. The molecule has 0 aliphatic heterocycles. The highest BCUT2D eigenvalue weighted by atomic mass is 16.5. The third-order valence-electron chi connectivity index (χ3n) is 2.03. The lowest BCUT2D eigenvalue weighted by molar-refractivity contribution is -0.119. The average molecular weight is 226 g/mol. The molecule has 7 nitrogen and oxygen atoms in total. The molecule has 1 heterocycles. The van der Waals surface area contributed by atoms with E-state index in [2.05, 4.69) is 4.98 Å². The summed E-state index contributed by atoms with van der Waals surface area (Å²) in [5, 5.41) is 0. The average Bonchev–Trinajstić information content (AvgIpc) is 2.21. The minimum atomic E-state index is -0.948. The van der Waals surface area contributed by atoms with Crippen molar-refractivity contribution in [3.63, 3.8) is 0 Å². The summed E-state index contributed by atoms with van der Waals surface area (Å²) in [7, 11) is 1.38. The highest BCUT2D eigenvalue weighted by Crippen LogP contribution is 2.04. The van der Waals surface area contributed by atoms with E-state index in [4.69, 9.17) is 16.2 Å². The van der Waals surface area contributed by atoms with E-state index in [1.54, 1.807) is 6.92 Å². The van der Waals surface area contributed by atoms with Gasteiger partial charge in [0.1, 0.15) is 6.04 Å². The maximum absolute atomic E-state index is 11.6. The maximum Gasteiger partial charge on any atom is 0.299 e. The summed E-state index contributed by atoms with van der Waals surface area (Å²) >= 11 is 0. The number of carbonyl (C=O) groups excluding carboxylic acids is 1. The molecule has 0 aromatic carbocycles. The second-order valence-corrected chi connectivity index (χ2v) is 3.34. The molecule has 16 heavy (non-hydrogen) atoms. The molecule has 1 atom stereocenters. The van der Waals surface area contributed by atoms with Gasteiger partial charge in [-0.15, -0.1) is 0 Å². The molecule has 1 aromatic rings. The van der Waals surface area contributed by atoms with Gasteiger partial charge in [0.05, 0.1) is 13.7 Å². The van der Waals surface area contributed by atoms with Crippen LogP contribution in [0.5, 0.6) is 6.01 Å². The first kappa shape index (κ1) is 12.2. The van der Waals surface area contributed by atoms with Crippen molar-refractivity contribution in [1.29, 1.82) is 0 Å². The molecule has 0 aliphatic rings. The Hall–Kier alpha value is -1.89. The molecule has 0 aliphatic carbocycles. The SMILES string of the molecule is COc1nc(C)cc(=O)n1CC(N)C(N)=O. The number of amides is 1. The lowest BCUT2D eigenvalue weighted by Crippen LogP contribution is -2.42. The zero-order valence-corrected chi connectivity index (χ0v) is 9.14. The van der Waals surface area contributed by atoms with Gasteiger partial charge >= 0.3 is 0 Å². The summed E-state index contributed by atoms with van der Waals surface area (Å²) in [5.74, 6) is -0.686. The Bertz CT molecular complexity index is 455. The van der Waals surface area contributed by atoms with Crippen LogP contribution in [0.25, 0.3) is 0 Å². The molecule has 1 aromatic heterocycles. The number of primary amides is 1. The highest BCUT2D eigenvalue weighted by Gasteiger charge is 2.15. The van der Waals surface area contributed by atoms with Crippen LogP contribution in [-0.2, 0) is 11.3 Å². The van der Waals surface area contributed by atoms with Gasteiger partial charge in [0, 0.05) is 11.8 Å². The first-order chi connectivity index (χ1) is 7.45. The predicted molar refractivity (Wildman–Crippen MR) is 57.0 cm³/mol. The van der Waals surface area contributed by atoms with Crippen LogP contribution in [0, 0.1) is 6.92 Å². The van der Waals surface area contributed by atoms with E-state index in [9.17, 15) is 9.59 Å². The molecule has 7 heteroatoms. The van der Waals surface area contributed by atoms with Gasteiger partial charge in [0.15, 0.2) is 0 Å². The summed E-state index contributed by atoms with van der Waals surface area (Å²) in [5.41, 5.74) is 10.7. The third kappa shape index (κ3) is 2.57. The summed E-state index contributed by atoms with van der Waals surface area (Å²) in [6.45, 7) is 1.62. The number of methoxy groups -OCH3 is 1. The normalized spacial score (nSPS) is 12.2. The number of hydrogen-bond acceptors (Lipinski definition) is 5. The zero-order valence-electron chi connectivity index (χ0n) is 9.14. The van der Waals surface area contributed by atoms with Gasteiger partial charge in [-0.1, -0.05) is 0 Å². The Morgan fingerprint density at radius 1 is 1.69 bits per heavy atom. The van der Waals surface area contributed by atoms with Gasteiger partial charge in [-0.2, -0.15) is 0 Å². The van der Waals surface area contributed by atoms with Crippen LogP contribution in [0.1, 0.15) is 5.69 Å². The number of carbonyl (C=O) groups is 1. The number of hydrogen-bond donors (Lipinski definition) is 2. The van der Waals surface area contributed by atoms with E-state index in [0.29, 0.717) is 5.69 Å². The molecular weight excluding hydrogens is 212 g/mol. The number of nitrogens with zero attached hydrogens (tertiary/aromatic N) is 2. The van der Waals surface area contributed by atoms with E-state index >= 15 is 0 Å². The molecule has 0 saturated carbocycles. The fourth-order valence-corrected chi connectivity index (χ4v) is 1.20. The standard InChI is InChI=1S/C9H14N4O3/c1-5-3-7(14)13(9(12-5)16-2)4-6(10)8(11)15/h3,6H,4,10H2,1-2H3,(H2,11,15). The Kier molecular flexibility index (Phi) is 3.62. The Morgan fingerprint density at radius 3 is 2.81 bits per heavy atom. The number of nitrogens with two attached hydrogens (primary N) is 2. The van der Waals surface area contributed by atoms with Gasteiger partial charge in [-0.3, -0.25) is 14.2 Å². The van der Waals surface area contributed by atoms with Crippen molar-refractivity contribution in [2.75, 3.05) is 7.11 Å². The molecule has 1 unspecified atom stereocenters. The minimum Gasteiger partial charge on any atom is -0.468 e. The molecular formula is C9H14N4O3. The van der Waals surface area contributed by atoms with E-state index in [1.165, 1.54) is 17.7 Å². The van der Waals surface area contributed by atoms with Crippen LogP contribution >= 0.6 is 0 Å². The molecule has 4 N–H and O–H groups in total. The number of aromatic nitrogens is 2. The van der Waals surface area contributed by atoms with Crippen LogP contribution in [0.15, 0.2) is 10.9 Å². The Morgan fingerprint density at radius 2 is 2.31 bits per heavy atom. The van der Waals surface area contributed by atoms with Gasteiger partial charge in [0.25, 0.3) is 11.6 Å². The predicted octanol–water partition coefficient (Wildman–Crippen LogP) is -1.63.